The third-order valence-electron chi connectivity index (χ3n) is 2.76. The Hall–Kier alpha value is -0.830. The summed E-state index contributed by atoms with van der Waals surface area (Å²) in [6.45, 7) is 0. The maximum Gasteiger partial charge on any atom is 0.240 e. The van der Waals surface area contributed by atoms with Crippen LogP contribution in [0.25, 0.3) is 0 Å². The molecule has 0 atom stereocenters. The van der Waals surface area contributed by atoms with Crippen molar-refractivity contribution in [3.05, 3.63) is 23.0 Å². The maximum absolute atomic E-state index is 13.4. The van der Waals surface area contributed by atoms with Crippen LogP contribution in [0, 0.1) is 5.82 Å². The van der Waals surface area contributed by atoms with Crippen LogP contribution in [0.3, 0.4) is 0 Å². The number of thioether (sulfide) groups is 1. The first-order valence-corrected chi connectivity index (χ1v) is 6.70. The van der Waals surface area contributed by atoms with Gasteiger partial charge in [-0.15, -0.1) is 11.8 Å². The monoisotopic (exact) mass is 271 g/mol. The normalized spacial score (nSPS) is 15.9. The Balaban J connectivity index is 2.25. The first kappa shape index (κ1) is 12.6. The number of carbonyl (C=O) groups excluding carboxylic acids is 1. The predicted octanol–water partition coefficient (Wildman–Crippen LogP) is 4.48. The van der Waals surface area contributed by atoms with E-state index in [1.54, 1.807) is 11.8 Å². The van der Waals surface area contributed by atoms with Gasteiger partial charge in [0.25, 0.3) is 0 Å². The Morgan fingerprint density at radius 1 is 1.41 bits per heavy atom. The van der Waals surface area contributed by atoms with E-state index in [0.717, 1.165) is 17.7 Å². The number of hydrogen-bond donors (Lipinski definition) is 0. The van der Waals surface area contributed by atoms with Crippen LogP contribution in [0.4, 0.5) is 10.1 Å². The Labute approximate surface area is 108 Å². The summed E-state index contributed by atoms with van der Waals surface area (Å²) in [4.78, 5) is 14.3. The van der Waals surface area contributed by atoms with Crippen LogP contribution in [0.2, 0.25) is 5.02 Å². The molecule has 1 aliphatic rings. The van der Waals surface area contributed by atoms with Gasteiger partial charge in [-0.25, -0.2) is 9.18 Å². The van der Waals surface area contributed by atoms with Gasteiger partial charge >= 0.3 is 0 Å². The molecule has 1 aromatic carbocycles. The molecule has 1 aliphatic carbocycles. The predicted molar refractivity (Wildman–Crippen MR) is 67.3 cm³/mol. The zero-order chi connectivity index (χ0) is 12.3. The minimum absolute atomic E-state index is 0.00453. The van der Waals surface area contributed by atoms with Crippen molar-refractivity contribution in [3.63, 3.8) is 0 Å². The highest BCUT2D eigenvalue weighted by Gasteiger charge is 2.18. The van der Waals surface area contributed by atoms with E-state index in [1.165, 1.54) is 31.1 Å². The highest BCUT2D eigenvalue weighted by Crippen LogP contribution is 2.40. The van der Waals surface area contributed by atoms with E-state index in [-0.39, 0.29) is 5.69 Å². The average molecular weight is 272 g/mol. The fourth-order valence-corrected chi connectivity index (χ4v) is 3.49. The van der Waals surface area contributed by atoms with Crippen LogP contribution >= 0.6 is 23.4 Å². The molecule has 0 unspecified atom stereocenters. The molecule has 0 N–H and O–H groups in total. The number of hydrogen-bond acceptors (Lipinski definition) is 3. The van der Waals surface area contributed by atoms with E-state index >= 15 is 0 Å². The van der Waals surface area contributed by atoms with Crippen molar-refractivity contribution in [2.24, 2.45) is 4.99 Å². The largest absolute Gasteiger partial charge is 0.240 e. The molecule has 0 amide bonds. The molecule has 0 radical (unpaired) electrons. The zero-order valence-electron chi connectivity index (χ0n) is 9.08. The molecular formula is C12H11ClFNOS. The number of benzene rings is 1. The molecule has 0 bridgehead atoms. The summed E-state index contributed by atoms with van der Waals surface area (Å²) in [5.74, 6) is -0.589. The lowest BCUT2D eigenvalue weighted by molar-refractivity contribution is 0.564. The summed E-state index contributed by atoms with van der Waals surface area (Å²) in [5.41, 5.74) is 0.00453. The molecule has 0 heterocycles. The van der Waals surface area contributed by atoms with Gasteiger partial charge in [0.2, 0.25) is 6.08 Å². The minimum Gasteiger partial charge on any atom is -0.211 e. The van der Waals surface area contributed by atoms with Crippen molar-refractivity contribution in [2.45, 2.75) is 35.8 Å². The maximum atomic E-state index is 13.4. The van der Waals surface area contributed by atoms with Crippen molar-refractivity contribution in [1.82, 2.24) is 0 Å². The third-order valence-corrected chi connectivity index (χ3v) is 4.58. The molecule has 1 saturated carbocycles. The van der Waals surface area contributed by atoms with Crippen LogP contribution in [-0.4, -0.2) is 11.3 Å². The lowest BCUT2D eigenvalue weighted by atomic mass is 10.3. The van der Waals surface area contributed by atoms with E-state index in [0.29, 0.717) is 10.3 Å². The van der Waals surface area contributed by atoms with Gasteiger partial charge in [-0.05, 0) is 25.0 Å². The van der Waals surface area contributed by atoms with Crippen LogP contribution in [0.1, 0.15) is 25.7 Å². The van der Waals surface area contributed by atoms with Crippen LogP contribution in [0.5, 0.6) is 0 Å². The van der Waals surface area contributed by atoms with Gasteiger partial charge in [0.05, 0.1) is 5.02 Å². The topological polar surface area (TPSA) is 29.4 Å². The number of isocyanates is 1. The Kier molecular flexibility index (Phi) is 4.21. The van der Waals surface area contributed by atoms with Crippen LogP contribution in [-0.2, 0) is 4.79 Å². The first-order valence-electron chi connectivity index (χ1n) is 5.44. The summed E-state index contributed by atoms with van der Waals surface area (Å²) in [7, 11) is 0. The Bertz CT molecular complexity index is 468. The van der Waals surface area contributed by atoms with Crippen LogP contribution in [0.15, 0.2) is 22.0 Å². The number of nitrogens with zero attached hydrogens (tertiary/aromatic N) is 1. The van der Waals surface area contributed by atoms with Gasteiger partial charge in [0.1, 0.15) is 5.69 Å². The molecule has 5 heteroatoms. The quantitative estimate of drug-likeness (QED) is 0.599. The fourth-order valence-electron chi connectivity index (χ4n) is 1.93. The Morgan fingerprint density at radius 3 is 2.76 bits per heavy atom. The second-order valence-corrected chi connectivity index (χ2v) is 5.71. The summed E-state index contributed by atoms with van der Waals surface area (Å²) in [5, 5.41) is 0.912. The van der Waals surface area contributed by atoms with Gasteiger partial charge in [0, 0.05) is 10.1 Å². The number of halogens is 2. The van der Waals surface area contributed by atoms with Gasteiger partial charge in [-0.1, -0.05) is 24.4 Å². The average Bonchev–Trinajstić information content (AvgIpc) is 2.78. The van der Waals surface area contributed by atoms with Crippen molar-refractivity contribution in [2.75, 3.05) is 0 Å². The molecular weight excluding hydrogens is 261 g/mol. The van der Waals surface area contributed by atoms with E-state index in [4.69, 9.17) is 11.6 Å². The molecule has 2 rings (SSSR count). The first-order chi connectivity index (χ1) is 8.20. The fraction of sp³-hybridized carbons (Fsp3) is 0.417. The van der Waals surface area contributed by atoms with Crippen molar-refractivity contribution in [3.8, 4) is 0 Å². The molecule has 2 nitrogen and oxygen atoms in total. The summed E-state index contributed by atoms with van der Waals surface area (Å²) in [6, 6.07) is 2.72. The molecule has 0 aliphatic heterocycles. The van der Waals surface area contributed by atoms with Gasteiger partial charge in [0.15, 0.2) is 5.82 Å². The molecule has 0 spiro atoms. The van der Waals surface area contributed by atoms with Crippen molar-refractivity contribution < 1.29 is 9.18 Å². The molecule has 90 valence electrons. The number of aliphatic imine (C=N–C) groups is 1. The summed E-state index contributed by atoms with van der Waals surface area (Å²) >= 11 is 7.62. The summed E-state index contributed by atoms with van der Waals surface area (Å²) in [6.07, 6.45) is 6.13. The summed E-state index contributed by atoms with van der Waals surface area (Å²) < 4.78 is 13.4. The van der Waals surface area contributed by atoms with E-state index in [1.807, 2.05) is 0 Å². The van der Waals surface area contributed by atoms with Crippen molar-refractivity contribution in [1.29, 1.82) is 0 Å². The second kappa shape index (κ2) is 5.67. The SMILES string of the molecule is O=C=Nc1cc(SC2CCCC2)c(Cl)cc1F. The molecule has 1 aromatic rings. The van der Waals surface area contributed by atoms with Crippen molar-refractivity contribution >= 4 is 35.1 Å². The molecule has 1 fully saturated rings. The van der Waals surface area contributed by atoms with Crippen LogP contribution < -0.4 is 0 Å². The van der Waals surface area contributed by atoms with E-state index in [9.17, 15) is 9.18 Å². The minimum atomic E-state index is -0.589. The second-order valence-electron chi connectivity index (χ2n) is 3.96. The lowest BCUT2D eigenvalue weighted by Crippen LogP contribution is -1.94. The lowest BCUT2D eigenvalue weighted by Gasteiger charge is -2.10. The smallest absolute Gasteiger partial charge is 0.211 e. The molecule has 0 aromatic heterocycles. The van der Waals surface area contributed by atoms with Gasteiger partial charge < -0.3 is 0 Å². The van der Waals surface area contributed by atoms with E-state index < -0.39 is 5.82 Å². The Morgan fingerprint density at radius 2 is 2.12 bits per heavy atom. The zero-order valence-corrected chi connectivity index (χ0v) is 10.7. The van der Waals surface area contributed by atoms with Gasteiger partial charge in [-0.3, -0.25) is 0 Å². The number of rotatable bonds is 3. The molecule has 17 heavy (non-hydrogen) atoms. The molecule has 0 saturated heterocycles. The standard InChI is InChI=1S/C12H11ClFNOS/c13-9-5-10(14)11(15-7-16)6-12(9)17-8-3-1-2-4-8/h5-6,8H,1-4H2. The van der Waals surface area contributed by atoms with E-state index in [2.05, 4.69) is 4.99 Å². The third kappa shape index (κ3) is 3.09. The highest BCUT2D eigenvalue weighted by atomic mass is 35.5. The van der Waals surface area contributed by atoms with Gasteiger partial charge in [-0.2, -0.15) is 4.99 Å². The highest BCUT2D eigenvalue weighted by molar-refractivity contribution is 8.00.